The number of hydrogen-bond acceptors (Lipinski definition) is 5. The third kappa shape index (κ3) is 4.43. The van der Waals surface area contributed by atoms with Crippen molar-refractivity contribution in [2.75, 3.05) is 16.8 Å². The SMILES string of the molecule is Cc1ccc(C)c(N2C(=O)c3ccc(C(=O)OCC(=O)Nc4ccc(Cl)cc4C)cc3C2=O)c1. The number of nitrogens with zero attached hydrogens (tertiary/aromatic N) is 1. The highest BCUT2D eigenvalue weighted by molar-refractivity contribution is 6.35. The fraction of sp³-hybridized carbons (Fsp3) is 0.154. The van der Waals surface area contributed by atoms with Crippen molar-refractivity contribution < 1.29 is 23.9 Å². The molecule has 0 aromatic heterocycles. The minimum atomic E-state index is -0.781. The maximum absolute atomic E-state index is 13.1. The molecule has 3 aromatic carbocycles. The zero-order valence-corrected chi connectivity index (χ0v) is 19.5. The van der Waals surface area contributed by atoms with Crippen LogP contribution in [-0.4, -0.2) is 30.3 Å². The van der Waals surface area contributed by atoms with Crippen LogP contribution in [0.4, 0.5) is 11.4 Å². The summed E-state index contributed by atoms with van der Waals surface area (Å²) in [4.78, 5) is 51.8. The van der Waals surface area contributed by atoms with Gasteiger partial charge in [0.2, 0.25) is 0 Å². The van der Waals surface area contributed by atoms with Gasteiger partial charge in [-0.3, -0.25) is 14.4 Å². The molecule has 1 heterocycles. The average molecular weight is 477 g/mol. The van der Waals surface area contributed by atoms with Gasteiger partial charge in [-0.15, -0.1) is 0 Å². The van der Waals surface area contributed by atoms with E-state index in [9.17, 15) is 19.2 Å². The van der Waals surface area contributed by atoms with Crippen LogP contribution in [0.25, 0.3) is 0 Å². The van der Waals surface area contributed by atoms with E-state index in [4.69, 9.17) is 16.3 Å². The van der Waals surface area contributed by atoms with E-state index in [1.165, 1.54) is 18.2 Å². The molecule has 3 aromatic rings. The summed E-state index contributed by atoms with van der Waals surface area (Å²) in [6.45, 7) is 4.97. The summed E-state index contributed by atoms with van der Waals surface area (Å²) in [7, 11) is 0. The van der Waals surface area contributed by atoms with Gasteiger partial charge in [0.05, 0.1) is 22.4 Å². The zero-order valence-electron chi connectivity index (χ0n) is 18.8. The maximum atomic E-state index is 13.1. The highest BCUT2D eigenvalue weighted by atomic mass is 35.5. The fourth-order valence-corrected chi connectivity index (χ4v) is 3.94. The summed E-state index contributed by atoms with van der Waals surface area (Å²) >= 11 is 5.91. The number of nitrogens with one attached hydrogen (secondary N) is 1. The van der Waals surface area contributed by atoms with Gasteiger partial charge in [0.25, 0.3) is 17.7 Å². The number of ether oxygens (including phenoxy) is 1. The normalized spacial score (nSPS) is 12.5. The number of benzene rings is 3. The molecule has 1 aliphatic heterocycles. The van der Waals surface area contributed by atoms with Crippen molar-refractivity contribution in [1.82, 2.24) is 0 Å². The highest BCUT2D eigenvalue weighted by Crippen LogP contribution is 2.32. The number of imide groups is 1. The van der Waals surface area contributed by atoms with Crippen LogP contribution in [0, 0.1) is 20.8 Å². The van der Waals surface area contributed by atoms with E-state index in [0.29, 0.717) is 16.4 Å². The van der Waals surface area contributed by atoms with E-state index in [1.807, 2.05) is 26.0 Å². The van der Waals surface area contributed by atoms with E-state index >= 15 is 0 Å². The Morgan fingerprint density at radius 3 is 2.35 bits per heavy atom. The summed E-state index contributed by atoms with van der Waals surface area (Å²) in [6.07, 6.45) is 0. The van der Waals surface area contributed by atoms with Crippen LogP contribution in [0.3, 0.4) is 0 Å². The number of amides is 3. The fourth-order valence-electron chi connectivity index (χ4n) is 3.71. The summed E-state index contributed by atoms with van der Waals surface area (Å²) in [5.74, 6) is -2.27. The molecule has 7 nitrogen and oxygen atoms in total. The second-order valence-corrected chi connectivity index (χ2v) is 8.52. The van der Waals surface area contributed by atoms with Gasteiger partial charge < -0.3 is 10.1 Å². The zero-order chi connectivity index (χ0) is 24.6. The lowest BCUT2D eigenvalue weighted by Crippen LogP contribution is -2.30. The van der Waals surface area contributed by atoms with Gasteiger partial charge in [-0.25, -0.2) is 9.69 Å². The molecule has 0 radical (unpaired) electrons. The molecule has 0 aliphatic carbocycles. The molecule has 3 amide bonds. The van der Waals surface area contributed by atoms with Gasteiger partial charge in [0.1, 0.15) is 0 Å². The lowest BCUT2D eigenvalue weighted by Gasteiger charge is -2.17. The summed E-state index contributed by atoms with van der Waals surface area (Å²) in [5.41, 5.74) is 3.90. The molecular weight excluding hydrogens is 456 g/mol. The first-order valence-electron chi connectivity index (χ1n) is 10.5. The number of carbonyl (C=O) groups excluding carboxylic acids is 4. The molecule has 0 saturated heterocycles. The Balaban J connectivity index is 1.47. The van der Waals surface area contributed by atoms with E-state index in [2.05, 4.69) is 5.32 Å². The Bertz CT molecular complexity index is 1370. The van der Waals surface area contributed by atoms with Crippen molar-refractivity contribution in [1.29, 1.82) is 0 Å². The molecule has 0 saturated carbocycles. The molecule has 172 valence electrons. The third-order valence-electron chi connectivity index (χ3n) is 5.52. The maximum Gasteiger partial charge on any atom is 0.338 e. The lowest BCUT2D eigenvalue weighted by atomic mass is 10.1. The first-order valence-corrected chi connectivity index (χ1v) is 10.9. The number of fused-ring (bicyclic) bond motifs is 1. The Morgan fingerprint density at radius 2 is 1.62 bits per heavy atom. The smallest absolute Gasteiger partial charge is 0.338 e. The summed E-state index contributed by atoms with van der Waals surface area (Å²) < 4.78 is 5.11. The van der Waals surface area contributed by atoms with Gasteiger partial charge in [-0.05, 0) is 79.9 Å². The minimum absolute atomic E-state index is 0.0678. The van der Waals surface area contributed by atoms with Crippen molar-refractivity contribution in [3.63, 3.8) is 0 Å². The van der Waals surface area contributed by atoms with E-state index in [0.717, 1.165) is 21.6 Å². The number of aryl methyl sites for hydroxylation is 3. The Hall–Kier alpha value is -3.97. The van der Waals surface area contributed by atoms with Crippen molar-refractivity contribution in [3.05, 3.63) is 93.0 Å². The standard InChI is InChI=1S/C26H21ClN2O5/c1-14-4-5-15(2)22(10-14)29-24(31)19-8-6-17(12-20(19)25(29)32)26(33)34-13-23(30)28-21-9-7-18(27)11-16(21)3/h4-12H,13H2,1-3H3,(H,28,30). The molecule has 1 aliphatic rings. The van der Waals surface area contributed by atoms with Crippen molar-refractivity contribution in [3.8, 4) is 0 Å². The molecule has 0 spiro atoms. The van der Waals surface area contributed by atoms with Gasteiger partial charge in [0.15, 0.2) is 6.61 Å². The first-order chi connectivity index (χ1) is 16.2. The van der Waals surface area contributed by atoms with Crippen molar-refractivity contribution in [2.45, 2.75) is 20.8 Å². The van der Waals surface area contributed by atoms with Crippen LogP contribution < -0.4 is 10.2 Å². The molecule has 0 atom stereocenters. The molecule has 0 fully saturated rings. The number of anilines is 2. The molecule has 34 heavy (non-hydrogen) atoms. The summed E-state index contributed by atoms with van der Waals surface area (Å²) in [5, 5.41) is 3.20. The van der Waals surface area contributed by atoms with Crippen LogP contribution >= 0.6 is 11.6 Å². The van der Waals surface area contributed by atoms with Crippen LogP contribution in [0.2, 0.25) is 5.02 Å². The second-order valence-electron chi connectivity index (χ2n) is 8.08. The van der Waals surface area contributed by atoms with Crippen LogP contribution in [0.5, 0.6) is 0 Å². The van der Waals surface area contributed by atoms with Crippen LogP contribution in [-0.2, 0) is 9.53 Å². The van der Waals surface area contributed by atoms with E-state index in [-0.39, 0.29) is 16.7 Å². The lowest BCUT2D eigenvalue weighted by molar-refractivity contribution is -0.119. The summed E-state index contributed by atoms with van der Waals surface area (Å²) in [6, 6.07) is 14.7. The van der Waals surface area contributed by atoms with Crippen LogP contribution in [0.15, 0.2) is 54.6 Å². The van der Waals surface area contributed by atoms with Gasteiger partial charge in [-0.2, -0.15) is 0 Å². The number of rotatable bonds is 5. The third-order valence-corrected chi connectivity index (χ3v) is 5.76. The topological polar surface area (TPSA) is 92.8 Å². The second kappa shape index (κ2) is 9.11. The van der Waals surface area contributed by atoms with E-state index in [1.54, 1.807) is 31.2 Å². The monoisotopic (exact) mass is 476 g/mol. The molecule has 0 unspecified atom stereocenters. The number of carbonyl (C=O) groups is 4. The molecule has 8 heteroatoms. The van der Waals surface area contributed by atoms with Crippen molar-refractivity contribution >= 4 is 46.7 Å². The minimum Gasteiger partial charge on any atom is -0.452 e. The van der Waals surface area contributed by atoms with E-state index < -0.39 is 30.3 Å². The predicted molar refractivity (Wildman–Crippen MR) is 129 cm³/mol. The van der Waals surface area contributed by atoms with Gasteiger partial charge in [0, 0.05) is 10.7 Å². The Kier molecular flexibility index (Phi) is 6.22. The van der Waals surface area contributed by atoms with Crippen LogP contribution in [0.1, 0.15) is 47.8 Å². The number of hydrogen-bond donors (Lipinski definition) is 1. The van der Waals surface area contributed by atoms with Crippen molar-refractivity contribution in [2.24, 2.45) is 0 Å². The van der Waals surface area contributed by atoms with Gasteiger partial charge >= 0.3 is 5.97 Å². The largest absolute Gasteiger partial charge is 0.452 e. The van der Waals surface area contributed by atoms with Gasteiger partial charge in [-0.1, -0.05) is 23.7 Å². The first kappa shape index (κ1) is 23.2. The highest BCUT2D eigenvalue weighted by Gasteiger charge is 2.38. The molecular formula is C26H21ClN2O5. The molecule has 4 rings (SSSR count). The number of esters is 1. The Morgan fingerprint density at radius 1 is 0.882 bits per heavy atom. The average Bonchev–Trinajstić information content (AvgIpc) is 3.05. The quantitative estimate of drug-likeness (QED) is 0.419. The Labute approximate surface area is 201 Å². The molecule has 0 bridgehead atoms. The number of halogens is 1. The molecule has 1 N–H and O–H groups in total. The predicted octanol–water partition coefficient (Wildman–Crippen LogP) is 4.86.